The van der Waals surface area contributed by atoms with E-state index in [4.69, 9.17) is 11.6 Å². The summed E-state index contributed by atoms with van der Waals surface area (Å²) in [4.78, 5) is 15.5. The van der Waals surface area contributed by atoms with Gasteiger partial charge in [-0.15, -0.1) is 0 Å². The van der Waals surface area contributed by atoms with E-state index in [9.17, 15) is 4.79 Å². The van der Waals surface area contributed by atoms with Crippen LogP contribution in [0.2, 0.25) is 5.02 Å². The molecule has 19 heavy (non-hydrogen) atoms. The van der Waals surface area contributed by atoms with Crippen LogP contribution < -0.4 is 0 Å². The lowest BCUT2D eigenvalue weighted by Gasteiger charge is -2.37. The molecule has 0 aromatic heterocycles. The summed E-state index contributed by atoms with van der Waals surface area (Å²) >= 11 is 11.9. The quantitative estimate of drug-likeness (QED) is 0.453. The van der Waals surface area contributed by atoms with Crippen LogP contribution in [-0.4, -0.2) is 27.7 Å². The molecule has 1 aromatic carbocycles. The van der Waals surface area contributed by atoms with E-state index in [1.807, 2.05) is 12.1 Å². The molecule has 1 aromatic rings. The fraction of sp³-hybridized carbons (Fsp3) is 0.500. The first-order valence-electron chi connectivity index (χ1n) is 6.48. The molecule has 3 rings (SSSR count). The average molecular weight is 455 g/mol. The highest BCUT2D eigenvalue weighted by atomic mass is 127. The molecule has 2 bridgehead atoms. The third-order valence-corrected chi connectivity index (χ3v) is 5.99. The number of alkyl halides is 1. The maximum absolute atomic E-state index is 12.8. The van der Waals surface area contributed by atoms with Crippen LogP contribution >= 0.6 is 50.1 Å². The zero-order valence-corrected chi connectivity index (χ0v) is 14.8. The zero-order valence-electron chi connectivity index (χ0n) is 10.3. The SMILES string of the molecule is O=C(c1cc(Cl)ccc1I)N1C2CCC1CC(Br)C2. The van der Waals surface area contributed by atoms with Crippen LogP contribution in [0.3, 0.4) is 0 Å². The van der Waals surface area contributed by atoms with Crippen molar-refractivity contribution in [2.24, 2.45) is 0 Å². The number of hydrogen-bond donors (Lipinski definition) is 0. The molecule has 2 fully saturated rings. The lowest BCUT2D eigenvalue weighted by Crippen LogP contribution is -2.47. The minimum absolute atomic E-state index is 0.152. The standard InChI is InChI=1S/C14H14BrClINO/c15-8-5-10-2-3-11(6-8)18(10)14(19)12-7-9(16)1-4-13(12)17/h1,4,7-8,10-11H,2-3,5-6H2. The number of rotatable bonds is 1. The van der Waals surface area contributed by atoms with Crippen molar-refractivity contribution in [1.82, 2.24) is 4.90 Å². The maximum atomic E-state index is 12.8. The summed E-state index contributed by atoms with van der Waals surface area (Å²) in [5.74, 6) is 0.152. The van der Waals surface area contributed by atoms with Crippen LogP contribution in [0.4, 0.5) is 0 Å². The Labute approximate surface area is 140 Å². The van der Waals surface area contributed by atoms with E-state index in [1.54, 1.807) is 6.07 Å². The summed E-state index contributed by atoms with van der Waals surface area (Å²) in [7, 11) is 0. The van der Waals surface area contributed by atoms with Crippen LogP contribution in [0.1, 0.15) is 36.0 Å². The van der Waals surface area contributed by atoms with Crippen LogP contribution in [-0.2, 0) is 0 Å². The molecule has 0 aliphatic carbocycles. The van der Waals surface area contributed by atoms with Crippen molar-refractivity contribution in [3.63, 3.8) is 0 Å². The Kier molecular flexibility index (Phi) is 4.11. The molecule has 0 spiro atoms. The van der Waals surface area contributed by atoms with Crippen molar-refractivity contribution >= 4 is 56.0 Å². The summed E-state index contributed by atoms with van der Waals surface area (Å²) in [6.45, 7) is 0. The van der Waals surface area contributed by atoms with Gasteiger partial charge in [-0.25, -0.2) is 0 Å². The molecule has 2 nitrogen and oxygen atoms in total. The highest BCUT2D eigenvalue weighted by molar-refractivity contribution is 14.1. The van der Waals surface area contributed by atoms with Gasteiger partial charge in [-0.2, -0.15) is 0 Å². The van der Waals surface area contributed by atoms with Crippen molar-refractivity contribution in [3.05, 3.63) is 32.4 Å². The zero-order chi connectivity index (χ0) is 13.6. The molecule has 2 atom stereocenters. The molecule has 2 saturated heterocycles. The molecule has 102 valence electrons. The summed E-state index contributed by atoms with van der Waals surface area (Å²) in [6.07, 6.45) is 4.41. The Balaban J connectivity index is 1.90. The molecule has 2 aliphatic heterocycles. The number of amides is 1. The van der Waals surface area contributed by atoms with Gasteiger partial charge in [0.25, 0.3) is 5.91 Å². The van der Waals surface area contributed by atoms with E-state index in [-0.39, 0.29) is 5.91 Å². The van der Waals surface area contributed by atoms with Gasteiger partial charge in [-0.3, -0.25) is 4.79 Å². The number of carbonyl (C=O) groups is 1. The molecule has 0 saturated carbocycles. The summed E-state index contributed by atoms with van der Waals surface area (Å²) in [6, 6.07) is 6.33. The second-order valence-electron chi connectivity index (χ2n) is 5.29. The highest BCUT2D eigenvalue weighted by Gasteiger charge is 2.43. The lowest BCUT2D eigenvalue weighted by atomic mass is 10.0. The number of halogens is 3. The van der Waals surface area contributed by atoms with Gasteiger partial charge < -0.3 is 4.90 Å². The van der Waals surface area contributed by atoms with Crippen LogP contribution in [0.5, 0.6) is 0 Å². The van der Waals surface area contributed by atoms with Gasteiger partial charge in [0.2, 0.25) is 0 Å². The molecule has 2 aliphatic rings. The Morgan fingerprint density at radius 3 is 2.58 bits per heavy atom. The molecular weight excluding hydrogens is 440 g/mol. The normalized spacial score (nSPS) is 29.6. The lowest BCUT2D eigenvalue weighted by molar-refractivity contribution is 0.0602. The summed E-state index contributed by atoms with van der Waals surface area (Å²) in [5, 5.41) is 0.631. The first-order valence-corrected chi connectivity index (χ1v) is 8.85. The topological polar surface area (TPSA) is 20.3 Å². The first-order chi connectivity index (χ1) is 9.06. The van der Waals surface area contributed by atoms with Crippen LogP contribution in [0, 0.1) is 3.57 Å². The minimum atomic E-state index is 0.152. The van der Waals surface area contributed by atoms with E-state index in [2.05, 4.69) is 43.4 Å². The predicted octanol–water partition coefficient (Wildman–Crippen LogP) is 4.48. The van der Waals surface area contributed by atoms with Crippen LogP contribution in [0.25, 0.3) is 0 Å². The summed E-state index contributed by atoms with van der Waals surface area (Å²) in [5.41, 5.74) is 0.748. The maximum Gasteiger partial charge on any atom is 0.255 e. The van der Waals surface area contributed by atoms with Gasteiger partial charge in [-0.1, -0.05) is 27.5 Å². The molecule has 0 radical (unpaired) electrons. The number of benzene rings is 1. The number of piperidine rings is 1. The van der Waals surface area contributed by atoms with E-state index in [1.165, 1.54) is 0 Å². The Morgan fingerprint density at radius 2 is 1.95 bits per heavy atom. The van der Waals surface area contributed by atoms with E-state index in [0.29, 0.717) is 21.9 Å². The van der Waals surface area contributed by atoms with E-state index in [0.717, 1.165) is 34.8 Å². The van der Waals surface area contributed by atoms with Crippen molar-refractivity contribution < 1.29 is 4.79 Å². The minimum Gasteiger partial charge on any atom is -0.333 e. The Bertz CT molecular complexity index is 510. The molecule has 1 amide bonds. The molecular formula is C14H14BrClINO. The fourth-order valence-electron chi connectivity index (χ4n) is 3.24. The Morgan fingerprint density at radius 1 is 1.32 bits per heavy atom. The average Bonchev–Trinajstić information content (AvgIpc) is 2.64. The predicted molar refractivity (Wildman–Crippen MR) is 89.1 cm³/mol. The van der Waals surface area contributed by atoms with Crippen molar-refractivity contribution in [1.29, 1.82) is 0 Å². The Hall–Kier alpha value is 0.190. The number of fused-ring (bicyclic) bond motifs is 2. The highest BCUT2D eigenvalue weighted by Crippen LogP contribution is 2.39. The number of hydrogen-bond acceptors (Lipinski definition) is 1. The van der Waals surface area contributed by atoms with Gasteiger partial charge in [0, 0.05) is 25.5 Å². The van der Waals surface area contributed by atoms with Gasteiger partial charge in [-0.05, 0) is 66.5 Å². The largest absolute Gasteiger partial charge is 0.333 e. The van der Waals surface area contributed by atoms with Gasteiger partial charge in [0.15, 0.2) is 0 Å². The second-order valence-corrected chi connectivity index (χ2v) is 8.18. The summed E-state index contributed by atoms with van der Waals surface area (Å²) < 4.78 is 0.979. The van der Waals surface area contributed by atoms with E-state index < -0.39 is 0 Å². The van der Waals surface area contributed by atoms with Gasteiger partial charge in [0.1, 0.15) is 0 Å². The van der Waals surface area contributed by atoms with Crippen LogP contribution in [0.15, 0.2) is 18.2 Å². The van der Waals surface area contributed by atoms with Gasteiger partial charge >= 0.3 is 0 Å². The third kappa shape index (κ3) is 2.68. The third-order valence-electron chi connectivity index (χ3n) is 4.07. The van der Waals surface area contributed by atoms with Crippen molar-refractivity contribution in [2.75, 3.05) is 0 Å². The molecule has 5 heteroatoms. The fourth-order valence-corrected chi connectivity index (χ4v) is 4.84. The van der Waals surface area contributed by atoms with E-state index >= 15 is 0 Å². The number of nitrogens with zero attached hydrogens (tertiary/aromatic N) is 1. The molecule has 2 unspecified atom stereocenters. The second kappa shape index (κ2) is 5.53. The number of carbonyl (C=O) groups excluding carboxylic acids is 1. The monoisotopic (exact) mass is 453 g/mol. The van der Waals surface area contributed by atoms with Crippen molar-refractivity contribution in [3.8, 4) is 0 Å². The first kappa shape index (κ1) is 14.1. The van der Waals surface area contributed by atoms with Gasteiger partial charge in [0.05, 0.1) is 5.56 Å². The molecule has 2 heterocycles. The van der Waals surface area contributed by atoms with Crippen molar-refractivity contribution in [2.45, 2.75) is 42.6 Å². The smallest absolute Gasteiger partial charge is 0.255 e. The molecule has 0 N–H and O–H groups in total.